The van der Waals surface area contributed by atoms with Crippen LogP contribution in [0.5, 0.6) is 0 Å². The molecule has 0 aromatic carbocycles. The molecule has 0 aromatic rings. The van der Waals surface area contributed by atoms with Gasteiger partial charge in [0, 0.05) is 17.6 Å². The Hall–Kier alpha value is -0.610. The summed E-state index contributed by atoms with van der Waals surface area (Å²) in [7, 11) is 0. The fourth-order valence-corrected chi connectivity index (χ4v) is 3.44. The van der Waals surface area contributed by atoms with Gasteiger partial charge in [-0.05, 0) is 66.0 Å². The molecule has 2 rings (SSSR count). The van der Waals surface area contributed by atoms with Crippen LogP contribution >= 0.6 is 0 Å². The first-order chi connectivity index (χ1) is 9.44. The van der Waals surface area contributed by atoms with Crippen LogP contribution in [0.1, 0.15) is 59.8 Å². The minimum Gasteiger partial charge on any atom is -0.350 e. The van der Waals surface area contributed by atoms with E-state index in [1.54, 1.807) is 0 Å². The van der Waals surface area contributed by atoms with E-state index >= 15 is 0 Å². The fourth-order valence-electron chi connectivity index (χ4n) is 3.44. The van der Waals surface area contributed by atoms with Crippen molar-refractivity contribution in [3.05, 3.63) is 0 Å². The first-order valence-electron chi connectivity index (χ1n) is 8.26. The molecule has 0 saturated carbocycles. The Kier molecular flexibility index (Phi) is 5.08. The molecular weight excluding hydrogens is 250 g/mol. The van der Waals surface area contributed by atoms with Gasteiger partial charge in [-0.2, -0.15) is 0 Å². The number of rotatable bonds is 5. The third-order valence-electron chi connectivity index (χ3n) is 5.13. The molecule has 2 aliphatic heterocycles. The zero-order chi connectivity index (χ0) is 14.8. The van der Waals surface area contributed by atoms with E-state index in [1.807, 2.05) is 0 Å². The van der Waals surface area contributed by atoms with Gasteiger partial charge < -0.3 is 10.6 Å². The van der Waals surface area contributed by atoms with Crippen LogP contribution in [0, 0.1) is 0 Å². The average Bonchev–Trinajstić information content (AvgIpc) is 3.07. The monoisotopic (exact) mass is 281 g/mol. The summed E-state index contributed by atoms with van der Waals surface area (Å²) in [6, 6.07) is 1.12. The summed E-state index contributed by atoms with van der Waals surface area (Å²) in [4.78, 5) is 14.9. The van der Waals surface area contributed by atoms with Gasteiger partial charge in [-0.3, -0.25) is 9.69 Å². The van der Waals surface area contributed by atoms with E-state index in [0.717, 1.165) is 19.5 Å². The maximum Gasteiger partial charge on any atom is 0.237 e. The van der Waals surface area contributed by atoms with Gasteiger partial charge in [0.1, 0.15) is 0 Å². The number of carbonyl (C=O) groups excluding carboxylic acids is 1. The molecule has 2 aliphatic rings. The Morgan fingerprint density at radius 2 is 2.15 bits per heavy atom. The Labute approximate surface area is 123 Å². The van der Waals surface area contributed by atoms with Crippen molar-refractivity contribution in [3.8, 4) is 0 Å². The summed E-state index contributed by atoms with van der Waals surface area (Å²) in [6.07, 6.45) is 5.94. The molecule has 1 amide bonds. The Bertz CT molecular complexity index is 337. The van der Waals surface area contributed by atoms with E-state index in [2.05, 4.69) is 43.2 Å². The molecule has 2 heterocycles. The Morgan fingerprint density at radius 3 is 2.75 bits per heavy atom. The van der Waals surface area contributed by atoms with Gasteiger partial charge in [-0.25, -0.2) is 0 Å². The summed E-state index contributed by atoms with van der Waals surface area (Å²) >= 11 is 0. The number of amides is 1. The summed E-state index contributed by atoms with van der Waals surface area (Å²) in [5.41, 5.74) is -0.105. The van der Waals surface area contributed by atoms with Crippen molar-refractivity contribution in [3.63, 3.8) is 0 Å². The Morgan fingerprint density at radius 1 is 1.40 bits per heavy atom. The average molecular weight is 281 g/mol. The zero-order valence-electron chi connectivity index (χ0n) is 13.5. The van der Waals surface area contributed by atoms with Crippen molar-refractivity contribution < 1.29 is 4.79 Å². The number of nitrogens with zero attached hydrogens (tertiary/aromatic N) is 1. The summed E-state index contributed by atoms with van der Waals surface area (Å²) < 4.78 is 0. The molecule has 20 heavy (non-hydrogen) atoms. The molecule has 0 aromatic heterocycles. The van der Waals surface area contributed by atoms with Crippen LogP contribution in [0.3, 0.4) is 0 Å². The van der Waals surface area contributed by atoms with E-state index in [0.29, 0.717) is 12.1 Å². The van der Waals surface area contributed by atoms with Crippen LogP contribution in [0.25, 0.3) is 0 Å². The van der Waals surface area contributed by atoms with Crippen molar-refractivity contribution in [1.29, 1.82) is 0 Å². The number of likely N-dealkylation sites (tertiary alicyclic amines) is 1. The summed E-state index contributed by atoms with van der Waals surface area (Å²) in [5, 5.41) is 6.80. The molecular formula is C16H31N3O. The van der Waals surface area contributed by atoms with Gasteiger partial charge in [-0.1, -0.05) is 6.92 Å². The molecule has 2 saturated heterocycles. The van der Waals surface area contributed by atoms with E-state index in [1.165, 1.54) is 25.7 Å². The lowest BCUT2D eigenvalue weighted by molar-refractivity contribution is -0.128. The van der Waals surface area contributed by atoms with Gasteiger partial charge >= 0.3 is 0 Å². The lowest BCUT2D eigenvalue weighted by Crippen LogP contribution is -2.55. The Balaban J connectivity index is 1.96. The number of hydrogen-bond acceptors (Lipinski definition) is 3. The van der Waals surface area contributed by atoms with Crippen molar-refractivity contribution in [2.24, 2.45) is 0 Å². The highest BCUT2D eigenvalue weighted by atomic mass is 16.2. The van der Waals surface area contributed by atoms with Crippen molar-refractivity contribution in [1.82, 2.24) is 15.5 Å². The minimum atomic E-state index is -0.105. The molecule has 2 fully saturated rings. The van der Waals surface area contributed by atoms with Crippen LogP contribution in [-0.4, -0.2) is 47.6 Å². The molecule has 3 unspecified atom stereocenters. The molecule has 4 heteroatoms. The predicted octanol–water partition coefficient (Wildman–Crippen LogP) is 1.90. The summed E-state index contributed by atoms with van der Waals surface area (Å²) in [5.74, 6) is 0.182. The first-order valence-corrected chi connectivity index (χ1v) is 8.26. The van der Waals surface area contributed by atoms with Gasteiger partial charge in [0.15, 0.2) is 0 Å². The third-order valence-corrected chi connectivity index (χ3v) is 5.13. The normalized spacial score (nSPS) is 29.6. The van der Waals surface area contributed by atoms with Gasteiger partial charge in [0.05, 0.1) is 6.04 Å². The number of carbonyl (C=O) groups is 1. The molecule has 2 N–H and O–H groups in total. The standard InChI is InChI=1S/C16H31N3O/c1-5-16(3,4)18-15(20)12(2)19-11-7-9-14(19)13-8-6-10-17-13/h12-14,17H,5-11H2,1-4H3,(H,18,20). The molecule has 116 valence electrons. The first kappa shape index (κ1) is 15.8. The SMILES string of the molecule is CCC(C)(C)NC(=O)C(C)N1CCCC1C1CCCN1. The molecule has 0 bridgehead atoms. The molecule has 0 spiro atoms. The van der Waals surface area contributed by atoms with Crippen LogP contribution in [0.4, 0.5) is 0 Å². The largest absolute Gasteiger partial charge is 0.350 e. The topological polar surface area (TPSA) is 44.4 Å². The van der Waals surface area contributed by atoms with Crippen molar-refractivity contribution >= 4 is 5.91 Å². The molecule has 3 atom stereocenters. The van der Waals surface area contributed by atoms with Crippen LogP contribution in [-0.2, 0) is 4.79 Å². The predicted molar refractivity (Wildman–Crippen MR) is 82.7 cm³/mol. The lowest BCUT2D eigenvalue weighted by atomic mass is 10.0. The lowest BCUT2D eigenvalue weighted by Gasteiger charge is -2.35. The second-order valence-corrected chi connectivity index (χ2v) is 7.05. The highest BCUT2D eigenvalue weighted by Crippen LogP contribution is 2.27. The van der Waals surface area contributed by atoms with Gasteiger partial charge in [0.25, 0.3) is 0 Å². The van der Waals surface area contributed by atoms with Crippen LogP contribution in [0.2, 0.25) is 0 Å². The molecule has 0 radical (unpaired) electrons. The van der Waals surface area contributed by atoms with Crippen molar-refractivity contribution in [2.75, 3.05) is 13.1 Å². The second-order valence-electron chi connectivity index (χ2n) is 7.05. The van der Waals surface area contributed by atoms with E-state index in [-0.39, 0.29) is 17.5 Å². The van der Waals surface area contributed by atoms with E-state index in [4.69, 9.17) is 0 Å². The van der Waals surface area contributed by atoms with Gasteiger partial charge in [-0.15, -0.1) is 0 Å². The van der Waals surface area contributed by atoms with Crippen LogP contribution < -0.4 is 10.6 Å². The highest BCUT2D eigenvalue weighted by Gasteiger charge is 2.38. The minimum absolute atomic E-state index is 0.0178. The quantitative estimate of drug-likeness (QED) is 0.809. The van der Waals surface area contributed by atoms with E-state index in [9.17, 15) is 4.79 Å². The van der Waals surface area contributed by atoms with E-state index < -0.39 is 0 Å². The second kappa shape index (κ2) is 6.44. The van der Waals surface area contributed by atoms with Gasteiger partial charge in [0.2, 0.25) is 5.91 Å². The van der Waals surface area contributed by atoms with Crippen LogP contribution in [0.15, 0.2) is 0 Å². The fraction of sp³-hybridized carbons (Fsp3) is 0.938. The number of hydrogen-bond donors (Lipinski definition) is 2. The molecule has 4 nitrogen and oxygen atoms in total. The maximum atomic E-state index is 12.5. The summed E-state index contributed by atoms with van der Waals surface area (Å²) in [6.45, 7) is 10.6. The smallest absolute Gasteiger partial charge is 0.237 e. The maximum absolute atomic E-state index is 12.5. The van der Waals surface area contributed by atoms with Crippen molar-refractivity contribution in [2.45, 2.75) is 83.5 Å². The third kappa shape index (κ3) is 3.53. The number of nitrogens with one attached hydrogen (secondary N) is 2. The zero-order valence-corrected chi connectivity index (χ0v) is 13.5. The highest BCUT2D eigenvalue weighted by molar-refractivity contribution is 5.82. The molecule has 0 aliphatic carbocycles.